The molecule has 2 heterocycles. The zero-order chi connectivity index (χ0) is 16.4. The Hall–Kier alpha value is -0.730. The van der Waals surface area contributed by atoms with Gasteiger partial charge in [-0.05, 0) is 37.5 Å². The Morgan fingerprint density at radius 1 is 1.21 bits per heavy atom. The minimum Gasteiger partial charge on any atom is -0.313 e. The predicted molar refractivity (Wildman–Crippen MR) is 94.9 cm³/mol. The van der Waals surface area contributed by atoms with Gasteiger partial charge in [0.2, 0.25) is 0 Å². The van der Waals surface area contributed by atoms with Crippen LogP contribution in [0.25, 0.3) is 0 Å². The first-order chi connectivity index (χ1) is 11.0. The molecule has 2 saturated heterocycles. The number of rotatable bonds is 3. The average Bonchev–Trinajstić information content (AvgIpc) is 2.55. The SMILES string of the molecule is CC1CCCCN1S(=O)(=O)N1CCNCC1c1cccc(F)c1.Cl. The monoisotopic (exact) mass is 377 g/mol. The summed E-state index contributed by atoms with van der Waals surface area (Å²) in [7, 11) is -3.54. The molecule has 2 fully saturated rings. The van der Waals surface area contributed by atoms with E-state index in [0.717, 1.165) is 19.3 Å². The minimum absolute atomic E-state index is 0. The van der Waals surface area contributed by atoms with Gasteiger partial charge in [0.05, 0.1) is 6.04 Å². The first-order valence-corrected chi connectivity index (χ1v) is 9.64. The Morgan fingerprint density at radius 2 is 2.00 bits per heavy atom. The van der Waals surface area contributed by atoms with E-state index in [1.54, 1.807) is 20.7 Å². The Labute approximate surface area is 149 Å². The first kappa shape index (κ1) is 19.6. The zero-order valence-electron chi connectivity index (χ0n) is 13.8. The van der Waals surface area contributed by atoms with E-state index in [2.05, 4.69) is 5.32 Å². The van der Waals surface area contributed by atoms with E-state index >= 15 is 0 Å². The fourth-order valence-corrected chi connectivity index (χ4v) is 5.54. The molecule has 2 aliphatic rings. The van der Waals surface area contributed by atoms with Gasteiger partial charge in [0, 0.05) is 32.2 Å². The third kappa shape index (κ3) is 3.91. The van der Waals surface area contributed by atoms with Gasteiger partial charge in [0.25, 0.3) is 10.2 Å². The molecule has 24 heavy (non-hydrogen) atoms. The summed E-state index contributed by atoms with van der Waals surface area (Å²) in [6, 6.07) is 5.90. The topological polar surface area (TPSA) is 52.7 Å². The Bertz CT molecular complexity index is 658. The molecule has 136 valence electrons. The molecule has 0 amide bonds. The number of piperazine rings is 1. The highest BCUT2D eigenvalue weighted by atomic mass is 35.5. The zero-order valence-corrected chi connectivity index (χ0v) is 15.5. The number of hydrogen-bond donors (Lipinski definition) is 1. The number of halogens is 2. The van der Waals surface area contributed by atoms with Gasteiger partial charge >= 0.3 is 0 Å². The molecule has 0 bridgehead atoms. The van der Waals surface area contributed by atoms with E-state index in [0.29, 0.717) is 31.7 Å². The maximum absolute atomic E-state index is 13.6. The molecule has 0 radical (unpaired) electrons. The predicted octanol–water partition coefficient (Wildman–Crippen LogP) is 2.31. The van der Waals surface area contributed by atoms with E-state index in [4.69, 9.17) is 0 Å². The molecule has 0 aromatic heterocycles. The lowest BCUT2D eigenvalue weighted by Crippen LogP contribution is -2.55. The van der Waals surface area contributed by atoms with Gasteiger partial charge in [-0.2, -0.15) is 17.0 Å². The third-order valence-corrected chi connectivity index (χ3v) is 6.93. The molecule has 2 unspecified atom stereocenters. The van der Waals surface area contributed by atoms with Crippen molar-refractivity contribution in [2.45, 2.75) is 38.3 Å². The lowest BCUT2D eigenvalue weighted by Gasteiger charge is -2.41. The molecule has 5 nitrogen and oxygen atoms in total. The van der Waals surface area contributed by atoms with Crippen molar-refractivity contribution in [1.29, 1.82) is 0 Å². The molecule has 1 N–H and O–H groups in total. The first-order valence-electron chi connectivity index (χ1n) is 8.25. The van der Waals surface area contributed by atoms with E-state index in [9.17, 15) is 12.8 Å². The van der Waals surface area contributed by atoms with Gasteiger partial charge in [0.15, 0.2) is 0 Å². The summed E-state index contributed by atoms with van der Waals surface area (Å²) in [6.07, 6.45) is 2.87. The molecule has 0 aliphatic carbocycles. The number of benzene rings is 1. The largest absolute Gasteiger partial charge is 0.313 e. The molecule has 0 spiro atoms. The maximum atomic E-state index is 13.6. The molecule has 1 aromatic rings. The van der Waals surface area contributed by atoms with Crippen LogP contribution in [-0.2, 0) is 10.2 Å². The van der Waals surface area contributed by atoms with Crippen molar-refractivity contribution < 1.29 is 12.8 Å². The third-order valence-electron chi connectivity index (χ3n) is 4.76. The van der Waals surface area contributed by atoms with Crippen molar-refractivity contribution in [2.24, 2.45) is 0 Å². The van der Waals surface area contributed by atoms with Crippen molar-refractivity contribution in [2.75, 3.05) is 26.2 Å². The van der Waals surface area contributed by atoms with E-state index in [1.165, 1.54) is 12.1 Å². The van der Waals surface area contributed by atoms with Gasteiger partial charge in [-0.1, -0.05) is 18.6 Å². The van der Waals surface area contributed by atoms with Gasteiger partial charge in [0.1, 0.15) is 5.82 Å². The summed E-state index contributed by atoms with van der Waals surface area (Å²) in [5, 5.41) is 3.22. The number of hydrogen-bond acceptors (Lipinski definition) is 3. The van der Waals surface area contributed by atoms with Crippen molar-refractivity contribution >= 4 is 22.6 Å². The maximum Gasteiger partial charge on any atom is 0.282 e. The fraction of sp³-hybridized carbons (Fsp3) is 0.625. The summed E-state index contributed by atoms with van der Waals surface area (Å²) >= 11 is 0. The average molecular weight is 378 g/mol. The van der Waals surface area contributed by atoms with Crippen LogP contribution in [0.5, 0.6) is 0 Å². The minimum atomic E-state index is -3.54. The lowest BCUT2D eigenvalue weighted by molar-refractivity contribution is 0.210. The van der Waals surface area contributed by atoms with E-state index in [1.807, 2.05) is 6.92 Å². The van der Waals surface area contributed by atoms with Crippen LogP contribution >= 0.6 is 12.4 Å². The quantitative estimate of drug-likeness (QED) is 0.879. The number of nitrogens with zero attached hydrogens (tertiary/aromatic N) is 2. The Balaban J connectivity index is 0.00000208. The van der Waals surface area contributed by atoms with E-state index < -0.39 is 10.2 Å². The summed E-state index contributed by atoms with van der Waals surface area (Å²) in [6.45, 7) is 4.07. The normalized spacial score (nSPS) is 26.8. The highest BCUT2D eigenvalue weighted by molar-refractivity contribution is 7.86. The molecule has 1 aromatic carbocycles. The summed E-state index contributed by atoms with van der Waals surface area (Å²) in [5.74, 6) is -0.336. The summed E-state index contributed by atoms with van der Waals surface area (Å²) in [4.78, 5) is 0. The summed E-state index contributed by atoms with van der Waals surface area (Å²) in [5.41, 5.74) is 0.699. The molecule has 0 saturated carbocycles. The van der Waals surface area contributed by atoms with Gasteiger partial charge in [-0.3, -0.25) is 0 Å². The van der Waals surface area contributed by atoms with Gasteiger partial charge in [-0.15, -0.1) is 12.4 Å². The smallest absolute Gasteiger partial charge is 0.282 e. The molecule has 2 aliphatic heterocycles. The molecular weight excluding hydrogens is 353 g/mol. The highest BCUT2D eigenvalue weighted by Gasteiger charge is 2.39. The highest BCUT2D eigenvalue weighted by Crippen LogP contribution is 2.30. The van der Waals surface area contributed by atoms with Crippen molar-refractivity contribution in [3.8, 4) is 0 Å². The second-order valence-electron chi connectivity index (χ2n) is 6.35. The van der Waals surface area contributed by atoms with Gasteiger partial charge < -0.3 is 5.32 Å². The number of piperidine rings is 1. The van der Waals surface area contributed by atoms with Crippen LogP contribution in [0, 0.1) is 5.82 Å². The van der Waals surface area contributed by atoms with Crippen molar-refractivity contribution in [3.63, 3.8) is 0 Å². The molecule has 8 heteroatoms. The molecular formula is C16H25ClFN3O2S. The Kier molecular flexibility index (Phi) is 6.61. The second-order valence-corrected chi connectivity index (χ2v) is 8.18. The fourth-order valence-electron chi connectivity index (χ4n) is 3.51. The van der Waals surface area contributed by atoms with Crippen LogP contribution in [0.15, 0.2) is 24.3 Å². The van der Waals surface area contributed by atoms with Crippen LogP contribution in [0.4, 0.5) is 4.39 Å². The molecule has 3 rings (SSSR count). The Morgan fingerprint density at radius 3 is 2.71 bits per heavy atom. The second kappa shape index (κ2) is 8.10. The number of nitrogens with one attached hydrogen (secondary N) is 1. The van der Waals surface area contributed by atoms with Crippen molar-refractivity contribution in [1.82, 2.24) is 13.9 Å². The van der Waals surface area contributed by atoms with Crippen molar-refractivity contribution in [3.05, 3.63) is 35.6 Å². The van der Waals surface area contributed by atoms with Crippen LogP contribution in [0.2, 0.25) is 0 Å². The molecule has 2 atom stereocenters. The van der Waals surface area contributed by atoms with Crippen LogP contribution in [0.1, 0.15) is 37.8 Å². The van der Waals surface area contributed by atoms with Crippen LogP contribution < -0.4 is 5.32 Å². The van der Waals surface area contributed by atoms with E-state index in [-0.39, 0.29) is 30.3 Å². The lowest BCUT2D eigenvalue weighted by atomic mass is 10.1. The summed E-state index contributed by atoms with van der Waals surface area (Å²) < 4.78 is 43.0. The van der Waals surface area contributed by atoms with Gasteiger partial charge in [-0.25, -0.2) is 4.39 Å². The van der Waals surface area contributed by atoms with Crippen LogP contribution in [0.3, 0.4) is 0 Å². The standard InChI is InChI=1S/C16H24FN3O2S.ClH/c1-13-5-2-3-9-19(13)23(21,22)20-10-8-18-12-16(20)14-6-4-7-15(17)11-14;/h4,6-7,11,13,16,18H,2-3,5,8-10,12H2,1H3;1H. The van der Waals surface area contributed by atoms with Crippen LogP contribution in [-0.4, -0.2) is 49.2 Å².